The Morgan fingerprint density at radius 1 is 1.03 bits per heavy atom. The van der Waals surface area contributed by atoms with Crippen LogP contribution in [0.4, 0.5) is 17.1 Å². The van der Waals surface area contributed by atoms with E-state index in [0.29, 0.717) is 5.69 Å². The second-order valence-corrected chi connectivity index (χ2v) is 7.55. The quantitative estimate of drug-likeness (QED) is 0.215. The number of esters is 1. The van der Waals surface area contributed by atoms with E-state index in [1.165, 1.54) is 50.6 Å². The maximum Gasteiger partial charge on any atom is 0.340 e. The molecule has 0 heterocycles. The molecule has 33 heavy (non-hydrogen) atoms. The van der Waals surface area contributed by atoms with Gasteiger partial charge >= 0.3 is 11.7 Å². The van der Waals surface area contributed by atoms with Crippen molar-refractivity contribution in [2.75, 3.05) is 18.5 Å². The molecule has 0 aliphatic heterocycles. The summed E-state index contributed by atoms with van der Waals surface area (Å²) < 4.78 is 38.8. The van der Waals surface area contributed by atoms with Gasteiger partial charge in [-0.15, -0.1) is 0 Å². The number of nitrogens with zero attached hydrogens (tertiary/aromatic N) is 2. The molecule has 1 atom stereocenters. The van der Waals surface area contributed by atoms with E-state index in [2.05, 4.69) is 0 Å². The SMILES string of the molecule is COC(=O)c1cc(Oc2ccc([N+](=O)[O-])c(OC)c2)ccc1N(c1ccc(C)cc1)S(=O)O. The second-order valence-electron chi connectivity index (χ2n) is 6.72. The molecule has 3 rings (SSSR count). The molecular weight excluding hydrogens is 452 g/mol. The number of aryl methyl sites for hydroxylation is 1. The first-order valence-corrected chi connectivity index (χ1v) is 10.5. The van der Waals surface area contributed by atoms with Gasteiger partial charge in [0.05, 0.1) is 36.1 Å². The van der Waals surface area contributed by atoms with E-state index in [1.54, 1.807) is 24.3 Å². The number of carbonyl (C=O) groups is 1. The average Bonchev–Trinajstić information content (AvgIpc) is 2.80. The summed E-state index contributed by atoms with van der Waals surface area (Å²) in [6.45, 7) is 1.88. The van der Waals surface area contributed by atoms with Crippen molar-refractivity contribution in [1.82, 2.24) is 0 Å². The summed E-state index contributed by atoms with van der Waals surface area (Å²) >= 11 is -2.49. The van der Waals surface area contributed by atoms with Gasteiger partial charge in [-0.3, -0.25) is 14.7 Å². The minimum atomic E-state index is -2.49. The Morgan fingerprint density at radius 3 is 2.24 bits per heavy atom. The summed E-state index contributed by atoms with van der Waals surface area (Å²) in [4.78, 5) is 23.0. The van der Waals surface area contributed by atoms with Crippen molar-refractivity contribution in [2.45, 2.75) is 6.92 Å². The fourth-order valence-corrected chi connectivity index (χ4v) is 3.66. The number of methoxy groups -OCH3 is 2. The highest BCUT2D eigenvalue weighted by molar-refractivity contribution is 7.81. The fraction of sp³-hybridized carbons (Fsp3) is 0.136. The van der Waals surface area contributed by atoms with Gasteiger partial charge in [0.1, 0.15) is 11.5 Å². The molecular formula is C22H20N2O8S. The number of ether oxygens (including phenoxy) is 3. The highest BCUT2D eigenvalue weighted by atomic mass is 32.2. The number of benzene rings is 3. The summed E-state index contributed by atoms with van der Waals surface area (Å²) in [5.74, 6) is -0.326. The minimum Gasteiger partial charge on any atom is -0.490 e. The average molecular weight is 472 g/mol. The van der Waals surface area contributed by atoms with Crippen molar-refractivity contribution in [2.24, 2.45) is 0 Å². The van der Waals surface area contributed by atoms with Gasteiger partial charge < -0.3 is 14.2 Å². The summed E-state index contributed by atoms with van der Waals surface area (Å²) in [6.07, 6.45) is 0. The van der Waals surface area contributed by atoms with Crippen molar-refractivity contribution in [3.05, 3.63) is 81.9 Å². The Hall–Kier alpha value is -3.96. The minimum absolute atomic E-state index is 0.00327. The molecule has 1 N–H and O–H groups in total. The van der Waals surface area contributed by atoms with Crippen LogP contribution in [0, 0.1) is 17.0 Å². The van der Waals surface area contributed by atoms with Crippen LogP contribution in [0.25, 0.3) is 0 Å². The summed E-state index contributed by atoms with van der Waals surface area (Å²) in [5, 5.41) is 11.1. The molecule has 0 radical (unpaired) electrons. The van der Waals surface area contributed by atoms with Crippen molar-refractivity contribution < 1.29 is 32.7 Å². The van der Waals surface area contributed by atoms with Crippen LogP contribution in [-0.4, -0.2) is 33.9 Å². The lowest BCUT2D eigenvalue weighted by Crippen LogP contribution is -2.22. The van der Waals surface area contributed by atoms with Crippen LogP contribution >= 0.6 is 0 Å². The third-order valence-electron chi connectivity index (χ3n) is 4.60. The zero-order chi connectivity index (χ0) is 24.1. The van der Waals surface area contributed by atoms with Gasteiger partial charge in [-0.25, -0.2) is 13.3 Å². The second kappa shape index (κ2) is 10.1. The third-order valence-corrected chi connectivity index (χ3v) is 5.32. The third kappa shape index (κ3) is 5.27. The van der Waals surface area contributed by atoms with Gasteiger partial charge in [-0.05, 0) is 43.3 Å². The van der Waals surface area contributed by atoms with E-state index in [0.717, 1.165) is 9.87 Å². The summed E-state index contributed by atoms with van der Waals surface area (Å²) in [6, 6.07) is 15.1. The molecule has 0 aliphatic rings. The van der Waals surface area contributed by atoms with Crippen molar-refractivity contribution in [3.8, 4) is 17.2 Å². The molecule has 0 fully saturated rings. The first-order chi connectivity index (χ1) is 15.7. The normalized spacial score (nSPS) is 11.4. The molecule has 0 spiro atoms. The van der Waals surface area contributed by atoms with E-state index in [-0.39, 0.29) is 34.2 Å². The van der Waals surface area contributed by atoms with E-state index >= 15 is 0 Å². The number of nitro groups is 1. The Bertz CT molecular complexity index is 1210. The molecule has 0 saturated carbocycles. The molecule has 172 valence electrons. The molecule has 0 saturated heterocycles. The van der Waals surface area contributed by atoms with Gasteiger partial charge in [0, 0.05) is 12.1 Å². The monoisotopic (exact) mass is 472 g/mol. The molecule has 3 aromatic rings. The smallest absolute Gasteiger partial charge is 0.340 e. The number of anilines is 2. The largest absolute Gasteiger partial charge is 0.490 e. The predicted molar refractivity (Wildman–Crippen MR) is 122 cm³/mol. The lowest BCUT2D eigenvalue weighted by molar-refractivity contribution is -0.385. The van der Waals surface area contributed by atoms with Crippen LogP contribution in [0.3, 0.4) is 0 Å². The van der Waals surface area contributed by atoms with Crippen LogP contribution in [0.5, 0.6) is 17.2 Å². The fourth-order valence-electron chi connectivity index (χ4n) is 3.03. The molecule has 3 aromatic carbocycles. The van der Waals surface area contributed by atoms with E-state index < -0.39 is 22.2 Å². The van der Waals surface area contributed by atoms with E-state index in [1.807, 2.05) is 6.92 Å². The van der Waals surface area contributed by atoms with Gasteiger partial charge in [0.25, 0.3) is 11.3 Å². The number of hydrogen-bond donors (Lipinski definition) is 1. The molecule has 0 amide bonds. The van der Waals surface area contributed by atoms with Crippen molar-refractivity contribution >= 4 is 34.3 Å². The van der Waals surface area contributed by atoms with Crippen LogP contribution in [0.15, 0.2) is 60.7 Å². The predicted octanol–water partition coefficient (Wildman–Crippen LogP) is 4.77. The molecule has 1 unspecified atom stereocenters. The summed E-state index contributed by atoms with van der Waals surface area (Å²) in [7, 11) is 2.48. The van der Waals surface area contributed by atoms with Gasteiger partial charge in [-0.2, -0.15) is 0 Å². The maximum absolute atomic E-state index is 12.5. The number of hydrogen-bond acceptors (Lipinski definition) is 7. The number of carbonyl (C=O) groups excluding carboxylic acids is 1. The Balaban J connectivity index is 2.03. The number of rotatable bonds is 8. The van der Waals surface area contributed by atoms with Gasteiger partial charge in [0.15, 0.2) is 0 Å². The maximum atomic E-state index is 12.5. The zero-order valence-corrected chi connectivity index (χ0v) is 18.7. The first kappa shape index (κ1) is 23.7. The highest BCUT2D eigenvalue weighted by Gasteiger charge is 2.24. The van der Waals surface area contributed by atoms with Crippen molar-refractivity contribution in [3.63, 3.8) is 0 Å². The Labute approximate surface area is 191 Å². The van der Waals surface area contributed by atoms with Crippen LogP contribution < -0.4 is 13.8 Å². The van der Waals surface area contributed by atoms with Crippen LogP contribution in [-0.2, 0) is 16.0 Å². The summed E-state index contributed by atoms with van der Waals surface area (Å²) in [5.41, 5.74) is 1.22. The zero-order valence-electron chi connectivity index (χ0n) is 17.9. The Morgan fingerprint density at radius 2 is 1.67 bits per heavy atom. The van der Waals surface area contributed by atoms with Gasteiger partial charge in [-0.1, -0.05) is 17.7 Å². The topological polar surface area (TPSA) is 128 Å². The lowest BCUT2D eigenvalue weighted by atomic mass is 10.1. The number of nitro benzene ring substituents is 1. The standard InChI is InChI=1S/C22H20N2O8S/c1-14-4-6-15(7-5-14)23(33(28)29)19-10-8-16(12-18(19)22(25)31-3)32-17-9-11-20(24(26)27)21(13-17)30-2/h4-13H,1-3H3,(H,28,29). The van der Waals surface area contributed by atoms with E-state index in [4.69, 9.17) is 14.2 Å². The molecule has 0 aromatic heterocycles. The lowest BCUT2D eigenvalue weighted by Gasteiger charge is -2.23. The van der Waals surface area contributed by atoms with Crippen LogP contribution in [0.2, 0.25) is 0 Å². The molecule has 0 bridgehead atoms. The van der Waals surface area contributed by atoms with Crippen LogP contribution in [0.1, 0.15) is 15.9 Å². The molecule has 10 nitrogen and oxygen atoms in total. The highest BCUT2D eigenvalue weighted by Crippen LogP contribution is 2.36. The van der Waals surface area contributed by atoms with E-state index in [9.17, 15) is 23.7 Å². The Kier molecular flexibility index (Phi) is 7.26. The molecule has 11 heteroatoms. The van der Waals surface area contributed by atoms with Gasteiger partial charge in [0.2, 0.25) is 5.75 Å². The molecule has 0 aliphatic carbocycles. The first-order valence-electron chi connectivity index (χ1n) is 9.45. The van der Waals surface area contributed by atoms with Crippen molar-refractivity contribution in [1.29, 1.82) is 0 Å².